The minimum atomic E-state index is -0.969. The molecule has 1 saturated carbocycles. The highest BCUT2D eigenvalue weighted by atomic mass is 16.5. The maximum atomic E-state index is 10.9. The lowest BCUT2D eigenvalue weighted by Crippen LogP contribution is -2.41. The van der Waals surface area contributed by atoms with Crippen molar-refractivity contribution in [2.75, 3.05) is 13.2 Å². The topological polar surface area (TPSA) is 70.0 Å². The van der Waals surface area contributed by atoms with Crippen LogP contribution in [0.5, 0.6) is 0 Å². The Hall–Kier alpha value is -0.810. The number of carboxylic acid groups (broad SMARTS) is 1. The third kappa shape index (κ3) is 2.15. The van der Waals surface area contributed by atoms with Crippen LogP contribution in [0.25, 0.3) is 0 Å². The van der Waals surface area contributed by atoms with Gasteiger partial charge in [-0.3, -0.25) is 0 Å². The Morgan fingerprint density at radius 3 is 2.62 bits per heavy atom. The van der Waals surface area contributed by atoms with Gasteiger partial charge < -0.3 is 19.8 Å². The molecule has 2 aliphatic rings. The molecule has 92 valence electrons. The van der Waals surface area contributed by atoms with Crippen molar-refractivity contribution in [3.8, 4) is 0 Å². The number of rotatable bonds is 3. The quantitative estimate of drug-likeness (QED) is 0.759. The molecule has 1 saturated heterocycles. The van der Waals surface area contributed by atoms with Gasteiger partial charge in [-0.05, 0) is 32.6 Å². The summed E-state index contributed by atoms with van der Waals surface area (Å²) >= 11 is 0. The first-order chi connectivity index (χ1) is 7.54. The third-order valence-electron chi connectivity index (χ3n) is 3.69. The van der Waals surface area contributed by atoms with Crippen LogP contribution in [0.3, 0.4) is 0 Å². The van der Waals surface area contributed by atoms with Crippen molar-refractivity contribution in [2.24, 2.45) is 0 Å². The molecule has 1 aliphatic heterocycles. The fourth-order valence-corrected chi connectivity index (χ4v) is 2.56. The van der Waals surface area contributed by atoms with E-state index >= 15 is 0 Å². The fraction of sp³-hybridized carbons (Fsp3) is 0.909. The number of aliphatic hydroxyl groups is 1. The van der Waals surface area contributed by atoms with E-state index in [1.54, 1.807) is 0 Å². The summed E-state index contributed by atoms with van der Waals surface area (Å²) in [6.45, 7) is 2.34. The number of hydrogen-bond donors (Lipinski definition) is 2. The number of nitrogens with zero attached hydrogens (tertiary/aromatic N) is 1. The van der Waals surface area contributed by atoms with Crippen LogP contribution < -0.4 is 0 Å². The van der Waals surface area contributed by atoms with Crippen LogP contribution in [-0.4, -0.2) is 52.1 Å². The van der Waals surface area contributed by atoms with Crippen molar-refractivity contribution >= 4 is 6.09 Å². The zero-order valence-corrected chi connectivity index (χ0v) is 9.56. The molecule has 2 N–H and O–H groups in total. The summed E-state index contributed by atoms with van der Waals surface area (Å²) in [4.78, 5) is 12.2. The Balaban J connectivity index is 1.91. The van der Waals surface area contributed by atoms with Crippen molar-refractivity contribution in [3.63, 3.8) is 0 Å². The van der Waals surface area contributed by atoms with Gasteiger partial charge in [0.15, 0.2) is 0 Å². The smallest absolute Gasteiger partial charge is 0.407 e. The first kappa shape index (κ1) is 11.7. The van der Waals surface area contributed by atoms with E-state index in [1.807, 2.05) is 0 Å². The van der Waals surface area contributed by atoms with Crippen LogP contribution >= 0.6 is 0 Å². The zero-order valence-electron chi connectivity index (χ0n) is 9.56. The van der Waals surface area contributed by atoms with Crippen LogP contribution in [0, 0.1) is 0 Å². The Kier molecular flexibility index (Phi) is 3.08. The van der Waals surface area contributed by atoms with E-state index in [2.05, 4.69) is 6.92 Å². The molecule has 0 radical (unpaired) electrons. The van der Waals surface area contributed by atoms with Gasteiger partial charge in [0, 0.05) is 0 Å². The van der Waals surface area contributed by atoms with Gasteiger partial charge in [0.2, 0.25) is 0 Å². The zero-order chi connectivity index (χ0) is 11.8. The Bertz CT molecular complexity index is 277. The minimum Gasteiger partial charge on any atom is -0.465 e. The number of ether oxygens (including phenoxy) is 1. The molecule has 2 fully saturated rings. The van der Waals surface area contributed by atoms with Crippen LogP contribution in [0.2, 0.25) is 0 Å². The van der Waals surface area contributed by atoms with Crippen molar-refractivity contribution in [3.05, 3.63) is 0 Å². The van der Waals surface area contributed by atoms with E-state index in [4.69, 9.17) is 14.9 Å². The van der Waals surface area contributed by atoms with E-state index in [0.29, 0.717) is 13.0 Å². The highest BCUT2D eigenvalue weighted by molar-refractivity contribution is 5.66. The maximum absolute atomic E-state index is 10.9. The molecular formula is C11H19NO4. The molecule has 0 aromatic carbocycles. The average Bonchev–Trinajstić information content (AvgIpc) is 2.58. The predicted octanol–water partition coefficient (Wildman–Crippen LogP) is 1.06. The van der Waals surface area contributed by atoms with Gasteiger partial charge >= 0.3 is 6.09 Å². The molecule has 1 heterocycles. The summed E-state index contributed by atoms with van der Waals surface area (Å²) in [6.07, 6.45) is 2.89. The maximum Gasteiger partial charge on any atom is 0.407 e. The van der Waals surface area contributed by atoms with Crippen LogP contribution in [0.4, 0.5) is 4.79 Å². The summed E-state index contributed by atoms with van der Waals surface area (Å²) in [5.41, 5.74) is -0.0564. The Morgan fingerprint density at radius 1 is 1.56 bits per heavy atom. The van der Waals surface area contributed by atoms with E-state index in [0.717, 1.165) is 12.8 Å². The standard InChI is InChI=1S/C11H19NO4/c1-11(3-2-4-11)16-9-5-8(7-13)12(6-9)10(14)15/h8-9,13H,2-7H2,1H3,(H,14,15). The molecule has 2 atom stereocenters. The molecule has 1 amide bonds. The second-order valence-corrected chi connectivity index (χ2v) is 5.05. The van der Waals surface area contributed by atoms with Crippen molar-refractivity contribution in [2.45, 2.75) is 50.4 Å². The van der Waals surface area contributed by atoms with Crippen molar-refractivity contribution in [1.29, 1.82) is 0 Å². The molecule has 0 aromatic heterocycles. The van der Waals surface area contributed by atoms with Gasteiger partial charge in [0.25, 0.3) is 0 Å². The Labute approximate surface area is 95.0 Å². The lowest BCUT2D eigenvalue weighted by molar-refractivity contribution is -0.122. The first-order valence-corrected chi connectivity index (χ1v) is 5.82. The number of likely N-dealkylation sites (tertiary alicyclic amines) is 1. The van der Waals surface area contributed by atoms with Gasteiger partial charge in [0.1, 0.15) is 0 Å². The van der Waals surface area contributed by atoms with Gasteiger partial charge in [0.05, 0.1) is 30.9 Å². The summed E-state index contributed by atoms with van der Waals surface area (Å²) in [6, 6.07) is -0.300. The van der Waals surface area contributed by atoms with Crippen molar-refractivity contribution in [1.82, 2.24) is 4.90 Å². The SMILES string of the molecule is CC1(OC2CC(CO)N(C(=O)O)C2)CCC1. The highest BCUT2D eigenvalue weighted by Crippen LogP contribution is 2.37. The van der Waals surface area contributed by atoms with E-state index in [9.17, 15) is 4.79 Å². The molecule has 2 unspecified atom stereocenters. The highest BCUT2D eigenvalue weighted by Gasteiger charge is 2.41. The molecule has 5 heteroatoms. The van der Waals surface area contributed by atoms with Gasteiger partial charge in [-0.25, -0.2) is 4.79 Å². The minimum absolute atomic E-state index is 0.0564. The second-order valence-electron chi connectivity index (χ2n) is 5.05. The molecule has 0 aromatic rings. The number of aliphatic hydroxyl groups excluding tert-OH is 1. The third-order valence-corrected chi connectivity index (χ3v) is 3.69. The lowest BCUT2D eigenvalue weighted by atomic mass is 9.81. The first-order valence-electron chi connectivity index (χ1n) is 5.82. The largest absolute Gasteiger partial charge is 0.465 e. The number of carbonyl (C=O) groups is 1. The van der Waals surface area contributed by atoms with Gasteiger partial charge in [-0.15, -0.1) is 0 Å². The summed E-state index contributed by atoms with van der Waals surface area (Å²) in [7, 11) is 0. The second kappa shape index (κ2) is 4.22. The molecule has 0 bridgehead atoms. The van der Waals surface area contributed by atoms with E-state index in [-0.39, 0.29) is 24.4 Å². The van der Waals surface area contributed by atoms with E-state index < -0.39 is 6.09 Å². The monoisotopic (exact) mass is 229 g/mol. The number of amides is 1. The Morgan fingerprint density at radius 2 is 2.25 bits per heavy atom. The molecule has 0 spiro atoms. The summed E-state index contributed by atoms with van der Waals surface area (Å²) < 4.78 is 5.93. The average molecular weight is 229 g/mol. The van der Waals surface area contributed by atoms with Crippen LogP contribution in [-0.2, 0) is 4.74 Å². The van der Waals surface area contributed by atoms with Crippen molar-refractivity contribution < 1.29 is 19.7 Å². The summed E-state index contributed by atoms with van der Waals surface area (Å²) in [5.74, 6) is 0. The molecule has 5 nitrogen and oxygen atoms in total. The molecule has 16 heavy (non-hydrogen) atoms. The van der Waals surface area contributed by atoms with Crippen LogP contribution in [0.1, 0.15) is 32.6 Å². The van der Waals surface area contributed by atoms with Gasteiger partial charge in [-0.1, -0.05) is 0 Å². The summed E-state index contributed by atoms with van der Waals surface area (Å²) in [5, 5.41) is 18.1. The predicted molar refractivity (Wildman–Crippen MR) is 57.4 cm³/mol. The van der Waals surface area contributed by atoms with E-state index in [1.165, 1.54) is 11.3 Å². The molecule has 2 rings (SSSR count). The molecular weight excluding hydrogens is 210 g/mol. The molecule has 1 aliphatic carbocycles. The van der Waals surface area contributed by atoms with Crippen LogP contribution in [0.15, 0.2) is 0 Å². The number of hydrogen-bond acceptors (Lipinski definition) is 3. The normalized spacial score (nSPS) is 32.5. The van der Waals surface area contributed by atoms with Gasteiger partial charge in [-0.2, -0.15) is 0 Å². The fourth-order valence-electron chi connectivity index (χ4n) is 2.56. The lowest BCUT2D eigenvalue weighted by Gasteiger charge is -2.40.